The van der Waals surface area contributed by atoms with Crippen molar-refractivity contribution in [2.24, 2.45) is 0 Å². The summed E-state index contributed by atoms with van der Waals surface area (Å²) in [4.78, 5) is 2.45. The monoisotopic (exact) mass is 903 g/mol. The Hall–Kier alpha value is -9.04. The topological polar surface area (TPSA) is 3.24 Å². The Balaban J connectivity index is 0.998. The number of hydrogen-bond donors (Lipinski definition) is 0. The third-order valence-electron chi connectivity index (χ3n) is 14.9. The lowest BCUT2D eigenvalue weighted by Gasteiger charge is -2.31. The first kappa shape index (κ1) is 42.1. The first-order chi connectivity index (χ1) is 35.1. The summed E-state index contributed by atoms with van der Waals surface area (Å²) >= 11 is 0. The molecule has 1 aliphatic rings. The summed E-state index contributed by atoms with van der Waals surface area (Å²) in [5, 5.41) is 5.01. The smallest absolute Gasteiger partial charge is 0.0468 e. The van der Waals surface area contributed by atoms with Crippen molar-refractivity contribution < 1.29 is 0 Å². The van der Waals surface area contributed by atoms with Crippen LogP contribution in [0.2, 0.25) is 0 Å². The molecule has 12 aromatic carbocycles. The lowest BCUT2D eigenvalue weighted by atomic mass is 9.74. The zero-order valence-corrected chi connectivity index (χ0v) is 39.5. The molecular formula is C70H49N. The van der Waals surface area contributed by atoms with Gasteiger partial charge in [0, 0.05) is 22.5 Å². The Morgan fingerprint density at radius 2 is 0.704 bits per heavy atom. The third kappa shape index (κ3) is 7.17. The molecule has 0 fully saturated rings. The van der Waals surface area contributed by atoms with Gasteiger partial charge in [-0.25, -0.2) is 0 Å². The van der Waals surface area contributed by atoms with Gasteiger partial charge in [-0.05, 0) is 154 Å². The maximum Gasteiger partial charge on any atom is 0.0468 e. The molecule has 1 aliphatic carbocycles. The first-order valence-electron chi connectivity index (χ1n) is 24.7. The van der Waals surface area contributed by atoms with E-state index in [-0.39, 0.29) is 5.41 Å². The van der Waals surface area contributed by atoms with Crippen LogP contribution in [0.1, 0.15) is 23.6 Å². The van der Waals surface area contributed by atoms with Crippen molar-refractivity contribution in [1.82, 2.24) is 0 Å². The molecular weight excluding hydrogens is 855 g/mol. The molecule has 1 atom stereocenters. The number of fused-ring (bicyclic) bond motifs is 6. The van der Waals surface area contributed by atoms with E-state index in [4.69, 9.17) is 0 Å². The fourth-order valence-corrected chi connectivity index (χ4v) is 11.5. The molecule has 0 saturated carbocycles. The van der Waals surface area contributed by atoms with E-state index in [1.165, 1.54) is 99.4 Å². The predicted octanol–water partition coefficient (Wildman–Crippen LogP) is 19.1. The third-order valence-corrected chi connectivity index (χ3v) is 14.9. The molecule has 0 amide bonds. The normalized spacial score (nSPS) is 13.8. The highest BCUT2D eigenvalue weighted by Crippen LogP contribution is 2.54. The van der Waals surface area contributed by atoms with Gasteiger partial charge in [-0.2, -0.15) is 0 Å². The summed E-state index contributed by atoms with van der Waals surface area (Å²) in [6.07, 6.45) is 0. The Bertz CT molecular complexity index is 3900. The van der Waals surface area contributed by atoms with E-state index in [9.17, 15) is 0 Å². The second kappa shape index (κ2) is 17.5. The van der Waals surface area contributed by atoms with Crippen molar-refractivity contribution >= 4 is 38.6 Å². The zero-order chi connectivity index (χ0) is 47.3. The van der Waals surface area contributed by atoms with E-state index in [0.29, 0.717) is 0 Å². The summed E-state index contributed by atoms with van der Waals surface area (Å²) < 4.78 is 0. The van der Waals surface area contributed by atoms with Gasteiger partial charge in [0.15, 0.2) is 0 Å². The van der Waals surface area contributed by atoms with Crippen molar-refractivity contribution in [2.75, 3.05) is 4.90 Å². The summed E-state index contributed by atoms with van der Waals surface area (Å²) in [6, 6.07) is 103. The summed E-state index contributed by atoms with van der Waals surface area (Å²) in [5.41, 5.74) is 21.5. The quantitative estimate of drug-likeness (QED) is 0.130. The summed E-state index contributed by atoms with van der Waals surface area (Å²) in [5.74, 6) is 0. The zero-order valence-electron chi connectivity index (χ0n) is 39.5. The predicted molar refractivity (Wildman–Crippen MR) is 301 cm³/mol. The molecule has 0 heterocycles. The fraction of sp³-hybridized carbons (Fsp3) is 0.0286. The fourth-order valence-electron chi connectivity index (χ4n) is 11.5. The van der Waals surface area contributed by atoms with E-state index in [1.54, 1.807) is 0 Å². The molecule has 71 heavy (non-hydrogen) atoms. The molecule has 0 radical (unpaired) electrons. The number of hydrogen-bond acceptors (Lipinski definition) is 1. The second-order valence-corrected chi connectivity index (χ2v) is 18.9. The highest BCUT2D eigenvalue weighted by molar-refractivity contribution is 6.22. The highest BCUT2D eigenvalue weighted by atomic mass is 15.1. The molecule has 13 rings (SSSR count). The first-order valence-corrected chi connectivity index (χ1v) is 24.7. The Morgan fingerprint density at radius 1 is 0.254 bits per heavy atom. The van der Waals surface area contributed by atoms with Crippen molar-refractivity contribution in [1.29, 1.82) is 0 Å². The van der Waals surface area contributed by atoms with E-state index in [2.05, 4.69) is 291 Å². The van der Waals surface area contributed by atoms with Crippen molar-refractivity contribution in [3.63, 3.8) is 0 Å². The molecule has 334 valence electrons. The Morgan fingerprint density at radius 3 is 1.35 bits per heavy atom. The number of rotatable bonds is 9. The van der Waals surface area contributed by atoms with Crippen molar-refractivity contribution in [2.45, 2.75) is 12.3 Å². The van der Waals surface area contributed by atoms with E-state index >= 15 is 0 Å². The van der Waals surface area contributed by atoms with Gasteiger partial charge in [0.1, 0.15) is 0 Å². The van der Waals surface area contributed by atoms with E-state index < -0.39 is 0 Å². The van der Waals surface area contributed by atoms with Gasteiger partial charge in [-0.1, -0.05) is 237 Å². The Kier molecular flexibility index (Phi) is 10.4. The lowest BCUT2D eigenvalue weighted by Crippen LogP contribution is -2.22. The minimum absolute atomic E-state index is 0.342. The van der Waals surface area contributed by atoms with Crippen LogP contribution < -0.4 is 4.90 Å². The summed E-state index contributed by atoms with van der Waals surface area (Å²) in [7, 11) is 0. The van der Waals surface area contributed by atoms with Crippen LogP contribution in [0, 0.1) is 0 Å². The van der Waals surface area contributed by atoms with Crippen LogP contribution in [-0.2, 0) is 5.41 Å². The van der Waals surface area contributed by atoms with Crippen molar-refractivity contribution in [3.8, 4) is 66.8 Å². The molecule has 0 N–H and O–H groups in total. The minimum Gasteiger partial charge on any atom is -0.310 e. The SMILES string of the molecule is CC1(c2ccccc2)c2ccccc2-c2ccc(N(c3ccc(-c4ccc5c(c4)c(-c4ccccc4)c(-c4ccccc4)c4ccccc45)cc3)c3ccc(-c4ccccc4)c(-c4ccccc4)c3)cc21. The van der Waals surface area contributed by atoms with Crippen LogP contribution in [-0.4, -0.2) is 0 Å². The molecule has 0 saturated heterocycles. The maximum atomic E-state index is 2.45. The highest BCUT2D eigenvalue weighted by Gasteiger charge is 2.41. The summed E-state index contributed by atoms with van der Waals surface area (Å²) in [6.45, 7) is 2.40. The van der Waals surface area contributed by atoms with Crippen LogP contribution in [0.3, 0.4) is 0 Å². The Labute approximate surface area is 416 Å². The van der Waals surface area contributed by atoms with E-state index in [1.807, 2.05) is 0 Å². The molecule has 0 aromatic heterocycles. The molecule has 1 heteroatoms. The van der Waals surface area contributed by atoms with Gasteiger partial charge in [0.25, 0.3) is 0 Å². The van der Waals surface area contributed by atoms with Crippen LogP contribution in [0.15, 0.2) is 279 Å². The molecule has 1 unspecified atom stereocenters. The van der Waals surface area contributed by atoms with E-state index in [0.717, 1.165) is 22.6 Å². The average Bonchev–Trinajstić information content (AvgIpc) is 3.71. The van der Waals surface area contributed by atoms with Gasteiger partial charge < -0.3 is 4.90 Å². The number of nitrogens with zero attached hydrogens (tertiary/aromatic N) is 1. The number of anilines is 3. The van der Waals surface area contributed by atoms with Crippen LogP contribution in [0.4, 0.5) is 17.1 Å². The van der Waals surface area contributed by atoms with Gasteiger partial charge in [0.05, 0.1) is 0 Å². The van der Waals surface area contributed by atoms with Crippen molar-refractivity contribution in [3.05, 3.63) is 296 Å². The van der Waals surface area contributed by atoms with Crippen LogP contribution in [0.25, 0.3) is 88.3 Å². The van der Waals surface area contributed by atoms with Gasteiger partial charge in [-0.3, -0.25) is 0 Å². The maximum absolute atomic E-state index is 2.45. The number of benzene rings is 12. The van der Waals surface area contributed by atoms with Crippen LogP contribution in [0.5, 0.6) is 0 Å². The molecule has 1 nitrogen and oxygen atoms in total. The molecule has 12 aromatic rings. The second-order valence-electron chi connectivity index (χ2n) is 18.9. The largest absolute Gasteiger partial charge is 0.310 e. The molecule has 0 bridgehead atoms. The van der Waals surface area contributed by atoms with Gasteiger partial charge >= 0.3 is 0 Å². The van der Waals surface area contributed by atoms with Gasteiger partial charge in [-0.15, -0.1) is 0 Å². The van der Waals surface area contributed by atoms with Gasteiger partial charge in [0.2, 0.25) is 0 Å². The lowest BCUT2D eigenvalue weighted by molar-refractivity contribution is 0.714. The molecule has 0 spiro atoms. The van der Waals surface area contributed by atoms with Crippen LogP contribution >= 0.6 is 0 Å². The average molecular weight is 904 g/mol. The standard InChI is InChI=1S/C70H49N/c1-70(54-29-15-6-16-30-54)66-34-20-19-32-61(66)62-44-41-57(47-67(62)70)71(56-40-43-58(49-21-7-2-8-22-49)64(46-56)50-23-9-3-10-24-50)55-38-35-48(36-39-55)53-37-42-60-59-31-17-18-33-63(59)68(51-25-11-4-12-26-51)69(65(60)45-53)52-27-13-5-14-28-52/h2-47H,1H3. The minimum atomic E-state index is -0.342. The molecule has 0 aliphatic heterocycles.